The van der Waals surface area contributed by atoms with Crippen LogP contribution in [0.3, 0.4) is 0 Å². The maximum Gasteiger partial charge on any atom is 0.469 e. The Labute approximate surface area is 288 Å². The SMILES string of the molecule is CCCCC[C@H](O)/C=C/[C@H]1C(=O)C[C@H](O)[C@@H]1C/C=C\CCCC(=O)O[C@H](COC(=O)CCCCCCCCC(C)CC)COP(=O)(O)O. The van der Waals surface area contributed by atoms with Gasteiger partial charge >= 0.3 is 19.8 Å². The number of hydrogen-bond donors (Lipinski definition) is 4. The predicted octanol–water partition coefficient (Wildman–Crippen LogP) is 6.90. The lowest BCUT2D eigenvalue weighted by atomic mass is 9.90. The quantitative estimate of drug-likeness (QED) is 0.0289. The van der Waals surface area contributed by atoms with Crippen LogP contribution in [-0.2, 0) is 32.9 Å². The van der Waals surface area contributed by atoms with Crippen LogP contribution in [0.2, 0.25) is 0 Å². The predicted molar refractivity (Wildman–Crippen MR) is 185 cm³/mol. The van der Waals surface area contributed by atoms with Gasteiger partial charge in [0.25, 0.3) is 0 Å². The largest absolute Gasteiger partial charge is 0.469 e. The normalized spacial score (nSPS) is 20.4. The molecule has 1 unspecified atom stereocenters. The number of rotatable bonds is 28. The highest BCUT2D eigenvalue weighted by Gasteiger charge is 2.39. The molecule has 0 heterocycles. The second-order valence-electron chi connectivity index (χ2n) is 13.2. The Morgan fingerprint density at radius 3 is 2.27 bits per heavy atom. The van der Waals surface area contributed by atoms with Gasteiger partial charge in [-0.05, 0) is 38.0 Å². The number of hydrogen-bond acceptors (Lipinski definition) is 9. The smallest absolute Gasteiger partial charge is 0.462 e. The number of aliphatic hydroxyl groups excluding tert-OH is 2. The topological polar surface area (TPSA) is 177 Å². The molecule has 1 saturated carbocycles. The van der Waals surface area contributed by atoms with E-state index >= 15 is 0 Å². The standard InChI is InChI=1S/C36H63O11P/c1-4-6-13-19-29(37)23-24-32-31(33(38)25-34(32)39)20-15-11-12-17-22-36(41)47-30(27-46-48(42,43)44)26-45-35(40)21-16-10-8-7-9-14-18-28(3)5-2/h11,15,23-24,28-33,37-38H,4-10,12-14,16-22,25-27H2,1-3H3,(H2,42,43,44)/b15-11-,24-23+/t28?,29-,30+,31+,32+,33-/m0/s1. The molecule has 1 aliphatic rings. The fourth-order valence-corrected chi connectivity index (χ4v) is 6.04. The first-order chi connectivity index (χ1) is 22.9. The van der Waals surface area contributed by atoms with Crippen LogP contribution in [0.1, 0.15) is 136 Å². The van der Waals surface area contributed by atoms with E-state index in [2.05, 4.69) is 25.3 Å². The number of ether oxygens (including phenoxy) is 2. The second-order valence-corrected chi connectivity index (χ2v) is 14.5. The highest BCUT2D eigenvalue weighted by atomic mass is 31.2. The molecule has 0 aromatic carbocycles. The fourth-order valence-electron chi connectivity index (χ4n) is 5.68. The van der Waals surface area contributed by atoms with Crippen LogP contribution in [-0.4, -0.2) is 69.2 Å². The number of esters is 2. The first-order valence-electron chi connectivity index (χ1n) is 18.1. The van der Waals surface area contributed by atoms with Crippen molar-refractivity contribution in [2.24, 2.45) is 17.8 Å². The average Bonchev–Trinajstić information content (AvgIpc) is 3.30. The Morgan fingerprint density at radius 1 is 0.917 bits per heavy atom. The highest BCUT2D eigenvalue weighted by molar-refractivity contribution is 7.46. The molecule has 0 amide bonds. The lowest BCUT2D eigenvalue weighted by Gasteiger charge is -2.18. The van der Waals surface area contributed by atoms with Gasteiger partial charge in [0.15, 0.2) is 6.10 Å². The van der Waals surface area contributed by atoms with Crippen molar-refractivity contribution in [3.63, 3.8) is 0 Å². The Morgan fingerprint density at radius 2 is 1.58 bits per heavy atom. The zero-order valence-electron chi connectivity index (χ0n) is 29.5. The molecule has 6 atom stereocenters. The molecular weight excluding hydrogens is 639 g/mol. The summed E-state index contributed by atoms with van der Waals surface area (Å²) in [5.41, 5.74) is 0. The Balaban J connectivity index is 2.41. The number of aliphatic hydroxyl groups is 2. The molecule has 12 heteroatoms. The van der Waals surface area contributed by atoms with E-state index in [4.69, 9.17) is 19.3 Å². The monoisotopic (exact) mass is 702 g/mol. The van der Waals surface area contributed by atoms with Crippen LogP contribution in [0, 0.1) is 17.8 Å². The highest BCUT2D eigenvalue weighted by Crippen LogP contribution is 2.36. The van der Waals surface area contributed by atoms with Crippen LogP contribution < -0.4 is 0 Å². The van der Waals surface area contributed by atoms with Gasteiger partial charge < -0.3 is 29.5 Å². The number of carbonyl (C=O) groups excluding carboxylic acids is 3. The fraction of sp³-hybridized carbons (Fsp3) is 0.806. The number of carbonyl (C=O) groups is 3. The van der Waals surface area contributed by atoms with E-state index in [0.717, 1.165) is 44.4 Å². The molecule has 278 valence electrons. The second kappa shape index (κ2) is 26.0. The summed E-state index contributed by atoms with van der Waals surface area (Å²) >= 11 is 0. The molecule has 0 spiro atoms. The molecule has 48 heavy (non-hydrogen) atoms. The van der Waals surface area contributed by atoms with Gasteiger partial charge in [-0.15, -0.1) is 0 Å². The maximum absolute atomic E-state index is 12.4. The van der Waals surface area contributed by atoms with Gasteiger partial charge in [-0.2, -0.15) is 0 Å². The molecule has 4 N–H and O–H groups in total. The molecule has 0 radical (unpaired) electrons. The van der Waals surface area contributed by atoms with E-state index in [1.54, 1.807) is 12.2 Å². The summed E-state index contributed by atoms with van der Waals surface area (Å²) in [4.78, 5) is 55.2. The minimum Gasteiger partial charge on any atom is -0.462 e. The van der Waals surface area contributed by atoms with Crippen LogP contribution in [0.25, 0.3) is 0 Å². The minimum atomic E-state index is -4.82. The molecular formula is C36H63O11P. The number of Topliss-reactive ketones (excluding diaryl/α,β-unsaturated/α-hetero) is 1. The molecule has 0 aromatic heterocycles. The van der Waals surface area contributed by atoms with Crippen molar-refractivity contribution < 1.29 is 52.9 Å². The zero-order valence-corrected chi connectivity index (χ0v) is 30.4. The lowest BCUT2D eigenvalue weighted by Crippen LogP contribution is -2.29. The molecule has 11 nitrogen and oxygen atoms in total. The van der Waals surface area contributed by atoms with Gasteiger partial charge in [-0.3, -0.25) is 18.9 Å². The average molecular weight is 703 g/mol. The first-order valence-corrected chi connectivity index (χ1v) is 19.7. The van der Waals surface area contributed by atoms with Crippen LogP contribution in [0.5, 0.6) is 0 Å². The van der Waals surface area contributed by atoms with E-state index in [0.29, 0.717) is 32.1 Å². The maximum atomic E-state index is 12.4. The van der Waals surface area contributed by atoms with E-state index in [1.807, 2.05) is 12.2 Å². The summed E-state index contributed by atoms with van der Waals surface area (Å²) in [6.07, 6.45) is 18.7. The summed E-state index contributed by atoms with van der Waals surface area (Å²) in [6.45, 7) is 5.58. The van der Waals surface area contributed by atoms with Crippen molar-refractivity contribution in [2.75, 3.05) is 13.2 Å². The molecule has 0 saturated heterocycles. The van der Waals surface area contributed by atoms with Gasteiger partial charge in [0.05, 0.1) is 18.8 Å². The number of unbranched alkanes of at least 4 members (excludes halogenated alkanes) is 8. The molecule has 1 fully saturated rings. The summed E-state index contributed by atoms with van der Waals surface area (Å²) in [5.74, 6) is -1.09. The van der Waals surface area contributed by atoms with Gasteiger partial charge in [0, 0.05) is 31.1 Å². The van der Waals surface area contributed by atoms with Gasteiger partial charge in [0.2, 0.25) is 0 Å². The van der Waals surface area contributed by atoms with Gasteiger partial charge in [-0.1, -0.05) is 109 Å². The van der Waals surface area contributed by atoms with E-state index < -0.39 is 50.6 Å². The first kappa shape index (κ1) is 44.1. The third kappa shape index (κ3) is 22.0. The number of phosphoric ester groups is 1. The lowest BCUT2D eigenvalue weighted by molar-refractivity contribution is -0.161. The Kier molecular flexibility index (Phi) is 23.9. The van der Waals surface area contributed by atoms with Crippen LogP contribution >= 0.6 is 7.82 Å². The van der Waals surface area contributed by atoms with Crippen molar-refractivity contribution in [1.29, 1.82) is 0 Å². The third-order valence-corrected chi connectivity index (χ3v) is 9.38. The van der Waals surface area contributed by atoms with Crippen LogP contribution in [0.4, 0.5) is 0 Å². The molecule has 0 aromatic rings. The third-order valence-electron chi connectivity index (χ3n) is 8.89. The van der Waals surface area contributed by atoms with Gasteiger partial charge in [-0.25, -0.2) is 4.57 Å². The van der Waals surface area contributed by atoms with Crippen molar-refractivity contribution in [3.8, 4) is 0 Å². The summed E-state index contributed by atoms with van der Waals surface area (Å²) in [7, 11) is -4.82. The van der Waals surface area contributed by atoms with Crippen LogP contribution in [0.15, 0.2) is 24.3 Å². The number of ketones is 1. The minimum absolute atomic E-state index is 0.0217. The van der Waals surface area contributed by atoms with Crippen molar-refractivity contribution in [3.05, 3.63) is 24.3 Å². The summed E-state index contributed by atoms with van der Waals surface area (Å²) in [6, 6.07) is 0. The van der Waals surface area contributed by atoms with Gasteiger partial charge in [0.1, 0.15) is 12.4 Å². The molecule has 1 aliphatic carbocycles. The molecule has 0 bridgehead atoms. The summed E-state index contributed by atoms with van der Waals surface area (Å²) in [5, 5.41) is 20.6. The zero-order chi connectivity index (χ0) is 35.8. The Hall–Kier alpha value is -1.88. The van der Waals surface area contributed by atoms with Crippen molar-refractivity contribution in [2.45, 2.75) is 155 Å². The van der Waals surface area contributed by atoms with E-state index in [-0.39, 0.29) is 37.6 Å². The van der Waals surface area contributed by atoms with E-state index in [1.165, 1.54) is 25.7 Å². The molecule has 0 aliphatic heterocycles. The van der Waals surface area contributed by atoms with Crippen molar-refractivity contribution in [1.82, 2.24) is 0 Å². The number of allylic oxidation sites excluding steroid dienone is 3. The summed E-state index contributed by atoms with van der Waals surface area (Å²) < 4.78 is 26.2. The number of phosphoric acid groups is 1. The molecule has 1 rings (SSSR count). The van der Waals surface area contributed by atoms with Crippen molar-refractivity contribution >= 4 is 25.5 Å². The Bertz CT molecular complexity index is 1010. The van der Waals surface area contributed by atoms with E-state index in [9.17, 15) is 29.2 Å².